The molecule has 0 N–H and O–H groups in total. The third kappa shape index (κ3) is 9.23. The fourth-order valence-electron chi connectivity index (χ4n) is 0.903. The molecule has 1 heteroatoms. The molecule has 0 amide bonds. The number of unbranched alkanes of at least 4 members (excludes halogenated alkanes) is 3. The number of hydrogen-bond acceptors (Lipinski definition) is 1. The number of allylic oxidation sites excluding steroid dienone is 2. The minimum absolute atomic E-state index is 0.301. The van der Waals surface area contributed by atoms with Crippen LogP contribution < -0.4 is 0 Å². The Morgan fingerprint density at radius 1 is 1.25 bits per heavy atom. The second-order valence-electron chi connectivity index (χ2n) is 4.17. The van der Waals surface area contributed by atoms with Gasteiger partial charge in [-0.05, 0) is 24.7 Å². The van der Waals surface area contributed by atoms with Gasteiger partial charge in [-0.3, -0.25) is 0 Å². The molecule has 12 heavy (non-hydrogen) atoms. The van der Waals surface area contributed by atoms with E-state index in [1.54, 1.807) is 0 Å². The lowest BCUT2D eigenvalue weighted by Gasteiger charge is -2.10. The normalized spacial score (nSPS) is 11.8. The Labute approximate surface area is 76.1 Å². The topological polar surface area (TPSA) is 23.8 Å². The summed E-state index contributed by atoms with van der Waals surface area (Å²) in [5, 5.41) is 8.28. The summed E-state index contributed by atoms with van der Waals surface area (Å²) in [6.07, 6.45) is 8.43. The SMILES string of the molecule is CC(C)(C)/C=C/CCCCC#N. The molecule has 68 valence electrons. The van der Waals surface area contributed by atoms with Gasteiger partial charge in [0.05, 0.1) is 6.07 Å². The average Bonchev–Trinajstić information content (AvgIpc) is 1.94. The van der Waals surface area contributed by atoms with Crippen LogP contribution in [0.2, 0.25) is 0 Å². The Morgan fingerprint density at radius 3 is 2.42 bits per heavy atom. The van der Waals surface area contributed by atoms with Crippen molar-refractivity contribution >= 4 is 0 Å². The zero-order chi connectivity index (χ0) is 9.45. The van der Waals surface area contributed by atoms with Crippen LogP contribution >= 0.6 is 0 Å². The van der Waals surface area contributed by atoms with Crippen molar-refractivity contribution in [2.45, 2.75) is 46.5 Å². The van der Waals surface area contributed by atoms with Gasteiger partial charge in [0.2, 0.25) is 0 Å². The highest BCUT2D eigenvalue weighted by atomic mass is 14.2. The van der Waals surface area contributed by atoms with Gasteiger partial charge in [0.1, 0.15) is 0 Å². The molecule has 0 aliphatic rings. The lowest BCUT2D eigenvalue weighted by atomic mass is 9.96. The predicted octanol–water partition coefficient (Wildman–Crippen LogP) is 3.67. The lowest BCUT2D eigenvalue weighted by Crippen LogP contribution is -1.97. The summed E-state index contributed by atoms with van der Waals surface area (Å²) < 4.78 is 0. The van der Waals surface area contributed by atoms with E-state index in [0.717, 1.165) is 19.3 Å². The smallest absolute Gasteiger partial charge is 0.0621 e. The Bertz CT molecular complexity index is 166. The maximum Gasteiger partial charge on any atom is 0.0621 e. The average molecular weight is 165 g/mol. The summed E-state index contributed by atoms with van der Waals surface area (Å²) in [6.45, 7) is 6.58. The highest BCUT2D eigenvalue weighted by Crippen LogP contribution is 2.15. The maximum atomic E-state index is 8.28. The van der Waals surface area contributed by atoms with Gasteiger partial charge in [-0.15, -0.1) is 0 Å². The van der Waals surface area contributed by atoms with Gasteiger partial charge in [0.25, 0.3) is 0 Å². The maximum absolute atomic E-state index is 8.28. The van der Waals surface area contributed by atoms with E-state index >= 15 is 0 Å². The Balaban J connectivity index is 3.32. The molecule has 0 heterocycles. The molecule has 0 atom stereocenters. The minimum Gasteiger partial charge on any atom is -0.198 e. The summed E-state index contributed by atoms with van der Waals surface area (Å²) in [6, 6.07) is 2.15. The Morgan fingerprint density at radius 2 is 1.92 bits per heavy atom. The van der Waals surface area contributed by atoms with Gasteiger partial charge >= 0.3 is 0 Å². The van der Waals surface area contributed by atoms with Crippen LogP contribution in [0.4, 0.5) is 0 Å². The van der Waals surface area contributed by atoms with Crippen molar-refractivity contribution in [3.05, 3.63) is 12.2 Å². The summed E-state index contributed by atoms with van der Waals surface area (Å²) in [4.78, 5) is 0. The Hall–Kier alpha value is -0.770. The van der Waals surface area contributed by atoms with Crippen LogP contribution in [0.15, 0.2) is 12.2 Å². The monoisotopic (exact) mass is 165 g/mol. The molecule has 0 aromatic rings. The molecule has 0 saturated heterocycles. The van der Waals surface area contributed by atoms with E-state index in [1.807, 2.05) is 0 Å². The van der Waals surface area contributed by atoms with Gasteiger partial charge in [-0.2, -0.15) is 5.26 Å². The van der Waals surface area contributed by atoms with Crippen molar-refractivity contribution in [3.63, 3.8) is 0 Å². The third-order valence-electron chi connectivity index (χ3n) is 1.53. The van der Waals surface area contributed by atoms with Gasteiger partial charge in [0, 0.05) is 6.42 Å². The lowest BCUT2D eigenvalue weighted by molar-refractivity contribution is 0.541. The third-order valence-corrected chi connectivity index (χ3v) is 1.53. The van der Waals surface area contributed by atoms with Crippen LogP contribution in [0, 0.1) is 16.7 Å². The minimum atomic E-state index is 0.301. The van der Waals surface area contributed by atoms with Crippen molar-refractivity contribution in [1.29, 1.82) is 5.26 Å². The molecule has 0 spiro atoms. The molecule has 0 aliphatic heterocycles. The quantitative estimate of drug-likeness (QED) is 0.460. The zero-order valence-corrected chi connectivity index (χ0v) is 8.43. The molecular formula is C11H19N. The van der Waals surface area contributed by atoms with Crippen LogP contribution in [-0.4, -0.2) is 0 Å². The first-order valence-corrected chi connectivity index (χ1v) is 4.61. The number of rotatable bonds is 4. The van der Waals surface area contributed by atoms with Crippen molar-refractivity contribution in [2.24, 2.45) is 5.41 Å². The first-order chi connectivity index (χ1) is 5.56. The van der Waals surface area contributed by atoms with E-state index in [4.69, 9.17) is 5.26 Å². The molecule has 1 nitrogen and oxygen atoms in total. The summed E-state index contributed by atoms with van der Waals surface area (Å²) in [7, 11) is 0. The fraction of sp³-hybridized carbons (Fsp3) is 0.727. The van der Waals surface area contributed by atoms with E-state index in [2.05, 4.69) is 39.0 Å². The molecule has 0 aromatic heterocycles. The molecule has 0 saturated carbocycles. The van der Waals surface area contributed by atoms with Crippen LogP contribution in [0.3, 0.4) is 0 Å². The largest absolute Gasteiger partial charge is 0.198 e. The molecule has 0 aromatic carbocycles. The molecule has 0 aliphatic carbocycles. The first kappa shape index (κ1) is 11.2. The molecule has 0 unspecified atom stereocenters. The number of hydrogen-bond donors (Lipinski definition) is 0. The standard InChI is InChI=1S/C11H19N/c1-11(2,3)9-7-5-4-6-8-10-12/h7,9H,4-6,8H2,1-3H3/b9-7+. The highest BCUT2D eigenvalue weighted by Gasteiger charge is 2.02. The molecule has 0 radical (unpaired) electrons. The molecule has 0 bridgehead atoms. The van der Waals surface area contributed by atoms with E-state index in [-0.39, 0.29) is 0 Å². The summed E-state index contributed by atoms with van der Waals surface area (Å²) >= 11 is 0. The molecule has 0 fully saturated rings. The molecule has 0 rings (SSSR count). The second kappa shape index (κ2) is 5.83. The van der Waals surface area contributed by atoms with E-state index in [9.17, 15) is 0 Å². The van der Waals surface area contributed by atoms with Gasteiger partial charge in [-0.1, -0.05) is 32.9 Å². The van der Waals surface area contributed by atoms with Gasteiger partial charge < -0.3 is 0 Å². The number of nitrogens with zero attached hydrogens (tertiary/aromatic N) is 1. The summed E-state index contributed by atoms with van der Waals surface area (Å²) in [5.74, 6) is 0. The van der Waals surface area contributed by atoms with E-state index < -0.39 is 0 Å². The summed E-state index contributed by atoms with van der Waals surface area (Å²) in [5.41, 5.74) is 0.301. The van der Waals surface area contributed by atoms with Crippen LogP contribution in [0.5, 0.6) is 0 Å². The van der Waals surface area contributed by atoms with Crippen molar-refractivity contribution < 1.29 is 0 Å². The van der Waals surface area contributed by atoms with Crippen molar-refractivity contribution in [2.75, 3.05) is 0 Å². The van der Waals surface area contributed by atoms with E-state index in [0.29, 0.717) is 11.8 Å². The predicted molar refractivity (Wildman–Crippen MR) is 52.7 cm³/mol. The highest BCUT2D eigenvalue weighted by molar-refractivity contribution is 4.91. The van der Waals surface area contributed by atoms with E-state index in [1.165, 1.54) is 0 Å². The van der Waals surface area contributed by atoms with Crippen LogP contribution in [-0.2, 0) is 0 Å². The molecular weight excluding hydrogens is 146 g/mol. The first-order valence-electron chi connectivity index (χ1n) is 4.61. The zero-order valence-electron chi connectivity index (χ0n) is 8.43. The van der Waals surface area contributed by atoms with Crippen molar-refractivity contribution in [1.82, 2.24) is 0 Å². The van der Waals surface area contributed by atoms with Crippen LogP contribution in [0.1, 0.15) is 46.5 Å². The van der Waals surface area contributed by atoms with Crippen molar-refractivity contribution in [3.8, 4) is 6.07 Å². The second-order valence-corrected chi connectivity index (χ2v) is 4.17. The fourth-order valence-corrected chi connectivity index (χ4v) is 0.903. The Kier molecular flexibility index (Phi) is 5.45. The van der Waals surface area contributed by atoms with Gasteiger partial charge in [-0.25, -0.2) is 0 Å². The van der Waals surface area contributed by atoms with Gasteiger partial charge in [0.15, 0.2) is 0 Å². The number of nitriles is 1. The van der Waals surface area contributed by atoms with Crippen LogP contribution in [0.25, 0.3) is 0 Å².